The molecule has 0 spiro atoms. The fraction of sp³-hybridized carbons (Fsp3) is 0.304. The maximum absolute atomic E-state index is 14.1. The number of carbonyl (C=O) groups is 2. The number of anilines is 1. The third kappa shape index (κ3) is 4.17. The monoisotopic (exact) mass is 472 g/mol. The van der Waals surface area contributed by atoms with Crippen molar-refractivity contribution in [1.82, 2.24) is 4.90 Å². The molecule has 4 rings (SSSR count). The molecule has 2 amide bonds. The van der Waals surface area contributed by atoms with E-state index in [2.05, 4.69) is 10.3 Å². The molecule has 0 saturated carbocycles. The predicted molar refractivity (Wildman–Crippen MR) is 127 cm³/mol. The normalized spacial score (nSPS) is 19.0. The van der Waals surface area contributed by atoms with E-state index >= 15 is 0 Å². The molecule has 2 heterocycles. The van der Waals surface area contributed by atoms with E-state index in [1.54, 1.807) is 6.92 Å². The Labute approximate surface area is 195 Å². The van der Waals surface area contributed by atoms with Crippen LogP contribution in [-0.2, 0) is 9.59 Å². The van der Waals surface area contributed by atoms with Crippen LogP contribution in [-0.4, -0.2) is 39.0 Å². The van der Waals surface area contributed by atoms with Gasteiger partial charge in [-0.05, 0) is 43.2 Å². The van der Waals surface area contributed by atoms with Crippen molar-refractivity contribution in [1.29, 1.82) is 0 Å². The van der Waals surface area contributed by atoms with Crippen LogP contribution in [0.15, 0.2) is 52.4 Å². The number of rotatable bonds is 5. The number of halogens is 2. The molecule has 2 aromatic carbocycles. The van der Waals surface area contributed by atoms with Crippen LogP contribution in [0.5, 0.6) is 0 Å². The number of thioether (sulfide) groups is 1. The van der Waals surface area contributed by atoms with Crippen molar-refractivity contribution in [3.05, 3.63) is 58.9 Å². The summed E-state index contributed by atoms with van der Waals surface area (Å²) in [6, 6.07) is 11.0. The van der Waals surface area contributed by atoms with Gasteiger partial charge in [-0.25, -0.2) is 14.3 Å². The largest absolute Gasteiger partial charge is 0.323 e. The predicted octanol–water partition coefficient (Wildman–Crippen LogP) is 5.24. The lowest BCUT2D eigenvalue weighted by molar-refractivity contribution is -0.125. The number of benzene rings is 2. The Balaban J connectivity index is 1.60. The molecule has 166 valence electrons. The second-order valence-electron chi connectivity index (χ2n) is 7.74. The maximum atomic E-state index is 14.1. The van der Waals surface area contributed by atoms with Crippen LogP contribution >= 0.6 is 23.4 Å². The zero-order valence-corrected chi connectivity index (χ0v) is 19.4. The number of carbonyl (C=O) groups excluding carboxylic acids is 2. The number of hydrogen-bond donors (Lipinski definition) is 1. The van der Waals surface area contributed by atoms with Crippen molar-refractivity contribution in [2.75, 3.05) is 5.32 Å². The first kappa shape index (κ1) is 22.5. The Bertz CT molecular complexity index is 1150. The van der Waals surface area contributed by atoms with Crippen molar-refractivity contribution in [3.63, 3.8) is 0 Å². The van der Waals surface area contributed by atoms with E-state index < -0.39 is 23.0 Å². The molecule has 32 heavy (non-hydrogen) atoms. The van der Waals surface area contributed by atoms with Crippen LogP contribution in [0, 0.1) is 11.7 Å². The molecule has 0 bridgehead atoms. The van der Waals surface area contributed by atoms with Gasteiger partial charge in [0.1, 0.15) is 17.7 Å². The van der Waals surface area contributed by atoms with Crippen molar-refractivity contribution < 1.29 is 14.0 Å². The maximum Gasteiger partial charge on any atom is 0.259 e. The summed E-state index contributed by atoms with van der Waals surface area (Å²) >= 11 is 6.91. The van der Waals surface area contributed by atoms with E-state index in [0.717, 1.165) is 29.8 Å². The van der Waals surface area contributed by atoms with E-state index in [9.17, 15) is 14.0 Å². The van der Waals surface area contributed by atoms with Crippen LogP contribution in [0.3, 0.4) is 0 Å². The van der Waals surface area contributed by atoms with Gasteiger partial charge in [-0.2, -0.15) is 0 Å². The first-order chi connectivity index (χ1) is 15.3. The van der Waals surface area contributed by atoms with E-state index in [1.807, 2.05) is 38.1 Å². The Morgan fingerprint density at radius 3 is 2.75 bits per heavy atom. The van der Waals surface area contributed by atoms with Crippen LogP contribution in [0.4, 0.5) is 15.8 Å². The third-order valence-electron chi connectivity index (χ3n) is 5.52. The first-order valence-corrected chi connectivity index (χ1v) is 11.6. The number of para-hydroxylation sites is 1. The van der Waals surface area contributed by atoms with Gasteiger partial charge in [-0.3, -0.25) is 14.6 Å². The SMILES string of the molecule is CC[C@H](C)[C@H]1N=C2c3ccccc3N=C(S[C@H](C)C(=O)Nc3ccc(Cl)cc3F)N2C1=O. The van der Waals surface area contributed by atoms with Gasteiger partial charge in [0.05, 0.1) is 16.6 Å². The number of hydrogen-bond acceptors (Lipinski definition) is 5. The zero-order valence-electron chi connectivity index (χ0n) is 17.8. The second-order valence-corrected chi connectivity index (χ2v) is 9.49. The topological polar surface area (TPSA) is 74.1 Å². The first-order valence-electron chi connectivity index (χ1n) is 10.3. The van der Waals surface area contributed by atoms with E-state index in [1.165, 1.54) is 17.0 Å². The molecule has 2 aliphatic heterocycles. The molecule has 2 aliphatic rings. The summed E-state index contributed by atoms with van der Waals surface area (Å²) in [5.41, 5.74) is 1.52. The van der Waals surface area contributed by atoms with Crippen LogP contribution in [0.25, 0.3) is 0 Å². The van der Waals surface area contributed by atoms with Crippen LogP contribution in [0.1, 0.15) is 32.8 Å². The lowest BCUT2D eigenvalue weighted by Crippen LogP contribution is -2.43. The highest BCUT2D eigenvalue weighted by atomic mass is 35.5. The zero-order chi connectivity index (χ0) is 23.0. The lowest BCUT2D eigenvalue weighted by Gasteiger charge is -2.27. The van der Waals surface area contributed by atoms with Crippen molar-refractivity contribution >= 4 is 57.6 Å². The standard InChI is InChI=1S/C23H22ClFN4O2S/c1-4-12(2)19-22(31)29-20(28-19)15-7-5-6-8-17(15)27-23(29)32-13(3)21(30)26-18-10-9-14(24)11-16(18)25/h5-13,19H,4H2,1-3H3,(H,26,30)/t12-,13+,19+/m0/s1. The molecule has 0 unspecified atom stereocenters. The molecular weight excluding hydrogens is 451 g/mol. The van der Waals surface area contributed by atoms with E-state index in [-0.39, 0.29) is 22.5 Å². The van der Waals surface area contributed by atoms with Gasteiger partial charge in [0.15, 0.2) is 5.17 Å². The molecule has 0 saturated heterocycles. The van der Waals surface area contributed by atoms with Crippen molar-refractivity contribution in [2.45, 2.75) is 38.5 Å². The van der Waals surface area contributed by atoms with Gasteiger partial charge in [0, 0.05) is 10.6 Å². The van der Waals surface area contributed by atoms with Crippen molar-refractivity contribution in [3.8, 4) is 0 Å². The van der Waals surface area contributed by atoms with Gasteiger partial charge in [-0.15, -0.1) is 0 Å². The van der Waals surface area contributed by atoms with Gasteiger partial charge >= 0.3 is 0 Å². The van der Waals surface area contributed by atoms with Crippen LogP contribution in [0.2, 0.25) is 5.02 Å². The highest BCUT2D eigenvalue weighted by molar-refractivity contribution is 8.15. The van der Waals surface area contributed by atoms with Gasteiger partial charge < -0.3 is 5.32 Å². The molecule has 6 nitrogen and oxygen atoms in total. The van der Waals surface area contributed by atoms with E-state index in [4.69, 9.17) is 16.6 Å². The fourth-order valence-electron chi connectivity index (χ4n) is 3.48. The highest BCUT2D eigenvalue weighted by Gasteiger charge is 2.43. The Kier molecular flexibility index (Phi) is 6.35. The average molecular weight is 473 g/mol. The molecule has 0 aromatic heterocycles. The molecule has 1 N–H and O–H groups in total. The smallest absolute Gasteiger partial charge is 0.259 e. The average Bonchev–Trinajstić information content (AvgIpc) is 3.13. The Morgan fingerprint density at radius 2 is 2.03 bits per heavy atom. The summed E-state index contributed by atoms with van der Waals surface area (Å²) < 4.78 is 14.1. The summed E-state index contributed by atoms with van der Waals surface area (Å²) in [4.78, 5) is 36.9. The molecule has 0 radical (unpaired) electrons. The van der Waals surface area contributed by atoms with E-state index in [0.29, 0.717) is 16.7 Å². The quantitative estimate of drug-likeness (QED) is 0.646. The molecule has 3 atom stereocenters. The number of amides is 2. The molecule has 2 aromatic rings. The molecule has 0 fully saturated rings. The molecular formula is C23H22ClFN4O2S. The summed E-state index contributed by atoms with van der Waals surface area (Å²) in [6.07, 6.45) is 0.813. The second kappa shape index (κ2) is 9.03. The summed E-state index contributed by atoms with van der Waals surface area (Å²) in [7, 11) is 0. The number of nitrogens with one attached hydrogen (secondary N) is 1. The summed E-state index contributed by atoms with van der Waals surface area (Å²) in [5.74, 6) is -0.544. The number of aliphatic imine (C=N–C) groups is 2. The fourth-order valence-corrected chi connectivity index (χ4v) is 4.55. The number of fused-ring (bicyclic) bond motifs is 3. The lowest BCUT2D eigenvalue weighted by atomic mass is 10.00. The number of nitrogens with zero attached hydrogens (tertiary/aromatic N) is 3. The summed E-state index contributed by atoms with van der Waals surface area (Å²) in [5, 5.41) is 2.55. The van der Waals surface area contributed by atoms with Gasteiger partial charge in [0.2, 0.25) is 5.91 Å². The molecule has 0 aliphatic carbocycles. The van der Waals surface area contributed by atoms with Crippen molar-refractivity contribution in [2.24, 2.45) is 15.9 Å². The van der Waals surface area contributed by atoms with Gasteiger partial charge in [-0.1, -0.05) is 55.8 Å². The third-order valence-corrected chi connectivity index (χ3v) is 6.81. The summed E-state index contributed by atoms with van der Waals surface area (Å²) in [6.45, 7) is 5.70. The van der Waals surface area contributed by atoms with Crippen LogP contribution < -0.4 is 5.32 Å². The number of amidine groups is 2. The Hall–Kier alpha value is -2.71. The minimum absolute atomic E-state index is 0.0408. The molecule has 9 heteroatoms. The Morgan fingerprint density at radius 1 is 1.28 bits per heavy atom. The highest BCUT2D eigenvalue weighted by Crippen LogP contribution is 2.36. The van der Waals surface area contributed by atoms with Gasteiger partial charge in [0.25, 0.3) is 5.91 Å². The minimum Gasteiger partial charge on any atom is -0.323 e. The minimum atomic E-state index is -0.647.